The molecule has 1 aromatic heterocycles. The second-order valence-electron chi connectivity index (χ2n) is 7.12. The van der Waals surface area contributed by atoms with Crippen molar-refractivity contribution in [2.45, 2.75) is 19.8 Å². The van der Waals surface area contributed by atoms with E-state index in [1.807, 2.05) is 19.1 Å². The van der Waals surface area contributed by atoms with Crippen LogP contribution in [0.3, 0.4) is 0 Å². The molecule has 1 saturated heterocycles. The average molecular weight is 551 g/mol. The van der Waals surface area contributed by atoms with Crippen molar-refractivity contribution in [1.29, 1.82) is 0 Å². The summed E-state index contributed by atoms with van der Waals surface area (Å²) >= 11 is 0. The zero-order valence-corrected chi connectivity index (χ0v) is 21.1. The third-order valence-electron chi connectivity index (χ3n) is 4.81. The van der Waals surface area contributed by atoms with Gasteiger partial charge in [0.25, 0.3) is 0 Å². The number of piperazine rings is 1. The van der Waals surface area contributed by atoms with Crippen molar-refractivity contribution < 1.29 is 18.7 Å². The number of furan rings is 1. The quantitative estimate of drug-likeness (QED) is 0.165. The van der Waals surface area contributed by atoms with Crippen molar-refractivity contribution in [3.05, 3.63) is 24.2 Å². The maximum atomic E-state index is 12.0. The van der Waals surface area contributed by atoms with Crippen LogP contribution >= 0.6 is 24.0 Å². The van der Waals surface area contributed by atoms with Gasteiger partial charge in [0.2, 0.25) is 5.91 Å². The van der Waals surface area contributed by atoms with Crippen LogP contribution in [0.15, 0.2) is 27.8 Å². The molecule has 1 aliphatic heterocycles. The standard InChI is InChI=1S/C21H37N5O4.HI/c1-3-29-15-5-8-23-21(24-9-7-19-6-4-16-30-19)26-13-11-25(12-14-26)18-20(27)22-10-17-28-2;/h4,6,16H,3,5,7-15,17-18H2,1-2H3,(H,22,27)(H,23,24);1H. The van der Waals surface area contributed by atoms with Gasteiger partial charge in [-0.1, -0.05) is 0 Å². The van der Waals surface area contributed by atoms with Crippen LogP contribution in [-0.4, -0.2) is 101 Å². The number of ether oxygens (including phenoxy) is 2. The third-order valence-corrected chi connectivity index (χ3v) is 4.81. The monoisotopic (exact) mass is 551 g/mol. The zero-order chi connectivity index (χ0) is 21.4. The van der Waals surface area contributed by atoms with E-state index in [4.69, 9.17) is 18.9 Å². The maximum Gasteiger partial charge on any atom is 0.234 e. The molecule has 1 fully saturated rings. The first kappa shape index (κ1) is 27.7. The minimum Gasteiger partial charge on any atom is -0.469 e. The van der Waals surface area contributed by atoms with E-state index in [-0.39, 0.29) is 29.9 Å². The lowest BCUT2D eigenvalue weighted by atomic mass is 10.3. The van der Waals surface area contributed by atoms with E-state index < -0.39 is 0 Å². The summed E-state index contributed by atoms with van der Waals surface area (Å²) in [6.07, 6.45) is 3.41. The normalized spacial score (nSPS) is 14.9. The van der Waals surface area contributed by atoms with E-state index in [9.17, 15) is 4.79 Å². The van der Waals surface area contributed by atoms with E-state index in [1.165, 1.54) is 0 Å². The Hall–Kier alpha value is -1.37. The highest BCUT2D eigenvalue weighted by Gasteiger charge is 2.21. The SMILES string of the molecule is CCOCCCN=C(NCCc1ccco1)N1CCN(CC(=O)NCCOC)CC1.I. The fourth-order valence-electron chi connectivity index (χ4n) is 3.19. The summed E-state index contributed by atoms with van der Waals surface area (Å²) in [5.41, 5.74) is 0. The number of nitrogens with one attached hydrogen (secondary N) is 2. The summed E-state index contributed by atoms with van der Waals surface area (Å²) < 4.78 is 15.8. The van der Waals surface area contributed by atoms with Crippen LogP contribution in [0.2, 0.25) is 0 Å². The summed E-state index contributed by atoms with van der Waals surface area (Å²) in [4.78, 5) is 21.2. The summed E-state index contributed by atoms with van der Waals surface area (Å²) in [6, 6.07) is 3.89. The molecule has 0 radical (unpaired) electrons. The molecule has 0 spiro atoms. The van der Waals surface area contributed by atoms with Crippen LogP contribution in [0.1, 0.15) is 19.1 Å². The minimum atomic E-state index is 0. The van der Waals surface area contributed by atoms with Gasteiger partial charge in [-0.05, 0) is 25.5 Å². The topological polar surface area (TPSA) is 91.6 Å². The molecule has 178 valence electrons. The van der Waals surface area contributed by atoms with Gasteiger partial charge in [0, 0.05) is 72.6 Å². The van der Waals surface area contributed by atoms with Gasteiger partial charge in [0.05, 0.1) is 19.4 Å². The number of hydrogen-bond acceptors (Lipinski definition) is 6. The molecule has 2 N–H and O–H groups in total. The Morgan fingerprint density at radius 2 is 2.00 bits per heavy atom. The number of guanidine groups is 1. The van der Waals surface area contributed by atoms with Gasteiger partial charge < -0.3 is 29.4 Å². The minimum absolute atomic E-state index is 0. The lowest BCUT2D eigenvalue weighted by molar-refractivity contribution is -0.122. The van der Waals surface area contributed by atoms with E-state index in [0.717, 1.165) is 77.0 Å². The van der Waals surface area contributed by atoms with Gasteiger partial charge in [-0.3, -0.25) is 14.7 Å². The summed E-state index contributed by atoms with van der Waals surface area (Å²) in [5.74, 6) is 1.92. The van der Waals surface area contributed by atoms with Crippen LogP contribution in [0.25, 0.3) is 0 Å². The number of halogens is 1. The highest BCUT2D eigenvalue weighted by atomic mass is 127. The Morgan fingerprint density at radius 3 is 2.68 bits per heavy atom. The van der Waals surface area contributed by atoms with Gasteiger partial charge in [-0.15, -0.1) is 24.0 Å². The lowest BCUT2D eigenvalue weighted by Crippen LogP contribution is -2.54. The summed E-state index contributed by atoms with van der Waals surface area (Å²) in [5, 5.41) is 6.35. The Morgan fingerprint density at radius 1 is 1.19 bits per heavy atom. The number of methoxy groups -OCH3 is 1. The molecule has 2 rings (SSSR count). The molecule has 9 nitrogen and oxygen atoms in total. The number of aliphatic imine (C=N–C) groups is 1. The molecule has 0 unspecified atom stereocenters. The number of carbonyl (C=O) groups excluding carboxylic acids is 1. The maximum absolute atomic E-state index is 12.0. The highest BCUT2D eigenvalue weighted by molar-refractivity contribution is 14.0. The first-order chi connectivity index (χ1) is 14.7. The first-order valence-electron chi connectivity index (χ1n) is 10.8. The molecule has 2 heterocycles. The molecule has 10 heteroatoms. The molecule has 31 heavy (non-hydrogen) atoms. The second kappa shape index (κ2) is 17.2. The number of rotatable bonds is 13. The van der Waals surface area contributed by atoms with Crippen molar-refractivity contribution in [2.75, 3.05) is 79.3 Å². The lowest BCUT2D eigenvalue weighted by Gasteiger charge is -2.36. The van der Waals surface area contributed by atoms with Gasteiger partial charge in [-0.2, -0.15) is 0 Å². The molecule has 0 aliphatic carbocycles. The van der Waals surface area contributed by atoms with Gasteiger partial charge in [0.1, 0.15) is 5.76 Å². The van der Waals surface area contributed by atoms with Crippen LogP contribution in [0.4, 0.5) is 0 Å². The molecule has 0 aromatic carbocycles. The van der Waals surface area contributed by atoms with Crippen molar-refractivity contribution in [2.24, 2.45) is 4.99 Å². The van der Waals surface area contributed by atoms with Crippen LogP contribution < -0.4 is 10.6 Å². The van der Waals surface area contributed by atoms with Gasteiger partial charge in [-0.25, -0.2) is 0 Å². The molecular formula is C21H38IN5O4. The smallest absolute Gasteiger partial charge is 0.234 e. The Bertz CT molecular complexity index is 607. The largest absolute Gasteiger partial charge is 0.469 e. The van der Waals surface area contributed by atoms with Gasteiger partial charge in [0.15, 0.2) is 5.96 Å². The van der Waals surface area contributed by atoms with E-state index in [1.54, 1.807) is 13.4 Å². The second-order valence-corrected chi connectivity index (χ2v) is 7.12. The van der Waals surface area contributed by atoms with Crippen LogP contribution in [0.5, 0.6) is 0 Å². The molecule has 1 amide bonds. The van der Waals surface area contributed by atoms with Crippen molar-refractivity contribution >= 4 is 35.8 Å². The first-order valence-corrected chi connectivity index (χ1v) is 10.8. The fourth-order valence-corrected chi connectivity index (χ4v) is 3.19. The number of carbonyl (C=O) groups is 1. The van der Waals surface area contributed by atoms with E-state index in [2.05, 4.69) is 20.4 Å². The fraction of sp³-hybridized carbons (Fsp3) is 0.714. The van der Waals surface area contributed by atoms with Gasteiger partial charge >= 0.3 is 0 Å². The van der Waals surface area contributed by atoms with E-state index >= 15 is 0 Å². The number of hydrogen-bond donors (Lipinski definition) is 2. The number of nitrogens with zero attached hydrogens (tertiary/aromatic N) is 3. The Kier molecular flexibility index (Phi) is 15.4. The Balaban J connectivity index is 0.00000480. The van der Waals surface area contributed by atoms with Crippen molar-refractivity contribution in [3.63, 3.8) is 0 Å². The summed E-state index contributed by atoms with van der Waals surface area (Å²) in [6.45, 7) is 9.79. The van der Waals surface area contributed by atoms with Crippen LogP contribution in [0, 0.1) is 0 Å². The number of amides is 1. The molecule has 1 aliphatic rings. The zero-order valence-electron chi connectivity index (χ0n) is 18.8. The van der Waals surface area contributed by atoms with Crippen molar-refractivity contribution in [1.82, 2.24) is 20.4 Å². The predicted molar refractivity (Wildman–Crippen MR) is 132 cm³/mol. The highest BCUT2D eigenvalue weighted by Crippen LogP contribution is 2.04. The molecule has 0 bridgehead atoms. The van der Waals surface area contributed by atoms with Crippen LogP contribution in [-0.2, 0) is 20.7 Å². The molecule has 0 saturated carbocycles. The predicted octanol–water partition coefficient (Wildman–Crippen LogP) is 1.19. The van der Waals surface area contributed by atoms with E-state index in [0.29, 0.717) is 19.7 Å². The van der Waals surface area contributed by atoms with Crippen molar-refractivity contribution in [3.8, 4) is 0 Å². The molecule has 0 atom stereocenters. The Labute approximate surface area is 202 Å². The molecular weight excluding hydrogens is 513 g/mol. The molecule has 1 aromatic rings. The third kappa shape index (κ3) is 11.7. The average Bonchev–Trinajstić information content (AvgIpc) is 3.27. The summed E-state index contributed by atoms with van der Waals surface area (Å²) in [7, 11) is 1.63.